The van der Waals surface area contributed by atoms with Crippen molar-refractivity contribution in [1.29, 1.82) is 0 Å². The van der Waals surface area contributed by atoms with Gasteiger partial charge in [0.2, 0.25) is 0 Å². The average molecular weight is 324 g/mol. The van der Waals surface area contributed by atoms with E-state index in [4.69, 9.17) is 4.74 Å². The minimum atomic E-state index is -3.59. The molecule has 0 atom stereocenters. The number of rotatable bonds is 5. The molecule has 5 nitrogen and oxygen atoms in total. The Bertz CT molecular complexity index is 715. The van der Waals surface area contributed by atoms with E-state index in [1.165, 1.54) is 28.3 Å². The fraction of sp³-hybridized carbons (Fsp3) is 0.357. The summed E-state index contributed by atoms with van der Waals surface area (Å²) in [6, 6.07) is 6.38. The Balaban J connectivity index is 1.79. The molecule has 3 rings (SSSR count). The Morgan fingerprint density at radius 2 is 2.05 bits per heavy atom. The van der Waals surface area contributed by atoms with Crippen molar-refractivity contribution >= 4 is 26.5 Å². The zero-order valence-electron chi connectivity index (χ0n) is 11.6. The van der Waals surface area contributed by atoms with Crippen LogP contribution in [0.25, 0.3) is 0 Å². The summed E-state index contributed by atoms with van der Waals surface area (Å²) in [6.45, 7) is 2.43. The van der Waals surface area contributed by atoms with Gasteiger partial charge in [0.1, 0.15) is 5.75 Å². The molecule has 0 bridgehead atoms. The number of nitrogens with one attached hydrogen (secondary N) is 1. The smallest absolute Gasteiger partial charge is 0.263 e. The quantitative estimate of drug-likeness (QED) is 0.918. The number of thiazole rings is 1. The fourth-order valence-corrected chi connectivity index (χ4v) is 4.57. The predicted molar refractivity (Wildman–Crippen MR) is 82.6 cm³/mol. The Morgan fingerprint density at radius 1 is 1.29 bits per heavy atom. The fourth-order valence-electron chi connectivity index (χ4n) is 2.29. The van der Waals surface area contributed by atoms with Gasteiger partial charge in [-0.25, -0.2) is 13.4 Å². The maximum absolute atomic E-state index is 12.3. The summed E-state index contributed by atoms with van der Waals surface area (Å²) in [5.41, 5.74) is 1.03. The van der Waals surface area contributed by atoms with E-state index in [1.54, 1.807) is 12.1 Å². The molecule has 7 heteroatoms. The molecule has 2 aromatic rings. The molecule has 0 saturated heterocycles. The number of nitrogens with zero attached hydrogens (tertiary/aromatic N) is 1. The lowest BCUT2D eigenvalue weighted by molar-refractivity contribution is 0.340. The number of aromatic nitrogens is 1. The van der Waals surface area contributed by atoms with Crippen LogP contribution in [0.3, 0.4) is 0 Å². The molecule has 1 aromatic heterocycles. The van der Waals surface area contributed by atoms with Crippen LogP contribution in [0.15, 0.2) is 29.2 Å². The molecule has 0 unspecified atom stereocenters. The molecule has 1 aromatic carbocycles. The highest BCUT2D eigenvalue weighted by Crippen LogP contribution is 2.31. The van der Waals surface area contributed by atoms with E-state index in [0.717, 1.165) is 25.0 Å². The monoisotopic (exact) mass is 324 g/mol. The highest BCUT2D eigenvalue weighted by Gasteiger charge is 2.21. The van der Waals surface area contributed by atoms with Crippen molar-refractivity contribution in [3.63, 3.8) is 0 Å². The molecule has 0 saturated carbocycles. The summed E-state index contributed by atoms with van der Waals surface area (Å²) in [7, 11) is -3.59. The molecule has 21 heavy (non-hydrogen) atoms. The lowest BCUT2D eigenvalue weighted by Gasteiger charge is -2.07. The standard InChI is InChI=1S/C14H16N2O3S2/c1-2-19-10-6-8-11(9-7-10)21(17,18)16-14-15-12-4-3-5-13(12)20-14/h6-9H,2-5H2,1H3,(H,15,16). The number of ether oxygens (including phenoxy) is 1. The van der Waals surface area contributed by atoms with Crippen molar-refractivity contribution in [2.24, 2.45) is 0 Å². The number of hydrogen-bond acceptors (Lipinski definition) is 5. The third-order valence-electron chi connectivity index (χ3n) is 3.26. The molecule has 1 aliphatic rings. The van der Waals surface area contributed by atoms with Crippen LogP contribution in [0.4, 0.5) is 5.13 Å². The van der Waals surface area contributed by atoms with Crippen molar-refractivity contribution in [2.45, 2.75) is 31.1 Å². The van der Waals surface area contributed by atoms with E-state index in [1.807, 2.05) is 6.92 Å². The first kappa shape index (κ1) is 14.3. The molecule has 112 valence electrons. The first-order chi connectivity index (χ1) is 10.1. The third-order valence-corrected chi connectivity index (χ3v) is 5.82. The van der Waals surface area contributed by atoms with Crippen molar-refractivity contribution in [1.82, 2.24) is 4.98 Å². The maximum Gasteiger partial charge on any atom is 0.263 e. The van der Waals surface area contributed by atoms with E-state index in [0.29, 0.717) is 17.5 Å². The molecular formula is C14H16N2O3S2. The average Bonchev–Trinajstić information content (AvgIpc) is 3.00. The molecule has 0 spiro atoms. The number of benzene rings is 1. The highest BCUT2D eigenvalue weighted by molar-refractivity contribution is 7.93. The van der Waals surface area contributed by atoms with Crippen molar-refractivity contribution in [3.8, 4) is 5.75 Å². The summed E-state index contributed by atoms with van der Waals surface area (Å²) < 4.78 is 32.5. The molecule has 1 heterocycles. The molecule has 1 aliphatic carbocycles. The topological polar surface area (TPSA) is 68.3 Å². The first-order valence-corrected chi connectivity index (χ1v) is 9.13. The van der Waals surface area contributed by atoms with Gasteiger partial charge in [-0.3, -0.25) is 4.72 Å². The third kappa shape index (κ3) is 3.03. The van der Waals surface area contributed by atoms with Crippen LogP contribution in [0.1, 0.15) is 23.9 Å². The minimum absolute atomic E-state index is 0.210. The Morgan fingerprint density at radius 3 is 2.71 bits per heavy atom. The van der Waals surface area contributed by atoms with Crippen molar-refractivity contribution < 1.29 is 13.2 Å². The number of anilines is 1. The zero-order valence-corrected chi connectivity index (χ0v) is 13.3. The van der Waals surface area contributed by atoms with Gasteiger partial charge in [0, 0.05) is 4.88 Å². The highest BCUT2D eigenvalue weighted by atomic mass is 32.2. The summed E-state index contributed by atoms with van der Waals surface area (Å²) in [5, 5.41) is 0.452. The van der Waals surface area contributed by atoms with Gasteiger partial charge >= 0.3 is 0 Å². The summed E-state index contributed by atoms with van der Waals surface area (Å²) >= 11 is 1.43. The number of hydrogen-bond donors (Lipinski definition) is 1. The van der Waals surface area contributed by atoms with E-state index in [2.05, 4.69) is 9.71 Å². The van der Waals surface area contributed by atoms with Crippen LogP contribution in [0, 0.1) is 0 Å². The molecule has 0 amide bonds. The van der Waals surface area contributed by atoms with Gasteiger partial charge in [0.25, 0.3) is 10.0 Å². The molecule has 0 fully saturated rings. The molecule has 1 N–H and O–H groups in total. The molecule has 0 aliphatic heterocycles. The van der Waals surface area contributed by atoms with E-state index in [-0.39, 0.29) is 4.90 Å². The minimum Gasteiger partial charge on any atom is -0.494 e. The predicted octanol–water partition coefficient (Wildman–Crippen LogP) is 2.83. The second-order valence-corrected chi connectivity index (χ2v) is 7.52. The van der Waals surface area contributed by atoms with Gasteiger partial charge in [0.05, 0.1) is 17.2 Å². The number of sulfonamides is 1. The largest absolute Gasteiger partial charge is 0.494 e. The Kier molecular flexibility index (Phi) is 3.86. The number of fused-ring (bicyclic) bond motifs is 1. The van der Waals surface area contributed by atoms with Crippen molar-refractivity contribution in [2.75, 3.05) is 11.3 Å². The van der Waals surface area contributed by atoms with Crippen LogP contribution in [0.5, 0.6) is 5.75 Å². The second-order valence-electron chi connectivity index (χ2n) is 4.75. The maximum atomic E-state index is 12.3. The lowest BCUT2D eigenvalue weighted by atomic mass is 10.3. The zero-order chi connectivity index (χ0) is 14.9. The van der Waals surface area contributed by atoms with Gasteiger partial charge in [-0.1, -0.05) is 0 Å². The normalized spacial score (nSPS) is 14.0. The van der Waals surface area contributed by atoms with Crippen LogP contribution < -0.4 is 9.46 Å². The van der Waals surface area contributed by atoms with Gasteiger partial charge in [-0.05, 0) is 50.5 Å². The first-order valence-electron chi connectivity index (χ1n) is 6.83. The second kappa shape index (κ2) is 5.65. The Hall–Kier alpha value is -1.60. The van der Waals surface area contributed by atoms with Crippen LogP contribution in [-0.2, 0) is 22.9 Å². The van der Waals surface area contributed by atoms with Gasteiger partial charge < -0.3 is 4.74 Å². The van der Waals surface area contributed by atoms with Gasteiger partial charge in [-0.2, -0.15) is 0 Å². The van der Waals surface area contributed by atoms with E-state index < -0.39 is 10.0 Å². The van der Waals surface area contributed by atoms with Gasteiger partial charge in [-0.15, -0.1) is 11.3 Å². The lowest BCUT2D eigenvalue weighted by Crippen LogP contribution is -2.12. The summed E-state index contributed by atoms with van der Waals surface area (Å²) in [4.78, 5) is 5.76. The van der Waals surface area contributed by atoms with Crippen LogP contribution in [-0.4, -0.2) is 20.0 Å². The Labute approximate surface area is 128 Å². The van der Waals surface area contributed by atoms with E-state index >= 15 is 0 Å². The molecule has 0 radical (unpaired) electrons. The number of aryl methyl sites for hydroxylation is 2. The van der Waals surface area contributed by atoms with Crippen molar-refractivity contribution in [3.05, 3.63) is 34.8 Å². The van der Waals surface area contributed by atoms with E-state index in [9.17, 15) is 8.42 Å². The molecular weight excluding hydrogens is 308 g/mol. The van der Waals surface area contributed by atoms with Crippen LogP contribution >= 0.6 is 11.3 Å². The van der Waals surface area contributed by atoms with Crippen LogP contribution in [0.2, 0.25) is 0 Å². The summed E-state index contributed by atoms with van der Waals surface area (Å²) in [5.74, 6) is 0.657. The SMILES string of the molecule is CCOc1ccc(S(=O)(=O)Nc2nc3c(s2)CCC3)cc1. The van der Waals surface area contributed by atoms with Gasteiger partial charge in [0.15, 0.2) is 5.13 Å². The summed E-state index contributed by atoms with van der Waals surface area (Å²) in [6.07, 6.45) is 3.05.